The van der Waals surface area contributed by atoms with Gasteiger partial charge in [-0.1, -0.05) is 0 Å². The minimum atomic E-state index is -4.46. The van der Waals surface area contributed by atoms with Crippen LogP contribution in [-0.4, -0.2) is 32.9 Å². The molecule has 0 aliphatic heterocycles. The van der Waals surface area contributed by atoms with Crippen molar-refractivity contribution in [1.29, 1.82) is 0 Å². The number of carbonyl (C=O) groups is 2. The minimum Gasteiger partial charge on any atom is -0.478 e. The summed E-state index contributed by atoms with van der Waals surface area (Å²) in [6, 6.07) is 2.90. The lowest BCUT2D eigenvalue weighted by atomic mass is 10.1. The number of aryl methyl sites for hydroxylation is 1. The second-order valence-electron chi connectivity index (χ2n) is 5.65. The average molecular weight is 373 g/mol. The van der Waals surface area contributed by atoms with E-state index in [1.54, 1.807) is 0 Å². The summed E-state index contributed by atoms with van der Waals surface area (Å²) < 4.78 is 52.1. The zero-order valence-corrected chi connectivity index (χ0v) is 13.8. The second-order valence-corrected chi connectivity index (χ2v) is 5.65. The van der Waals surface area contributed by atoms with Gasteiger partial charge in [0, 0.05) is 11.3 Å². The minimum absolute atomic E-state index is 0.176. The van der Waals surface area contributed by atoms with Crippen molar-refractivity contribution < 1.29 is 32.3 Å². The van der Waals surface area contributed by atoms with E-state index in [1.807, 2.05) is 0 Å². The molecule has 6 nitrogen and oxygen atoms in total. The van der Waals surface area contributed by atoms with Crippen molar-refractivity contribution in [3.8, 4) is 0 Å². The van der Waals surface area contributed by atoms with Gasteiger partial charge in [-0.05, 0) is 32.0 Å². The molecule has 0 radical (unpaired) electrons. The Kier molecular flexibility index (Phi) is 5.33. The lowest BCUT2D eigenvalue weighted by molar-refractivity contribution is -0.143. The average Bonchev–Trinajstić information content (AvgIpc) is 2.75. The first kappa shape index (κ1) is 19.4. The highest BCUT2D eigenvalue weighted by molar-refractivity contribution is 5.95. The third kappa shape index (κ3) is 4.58. The van der Waals surface area contributed by atoms with E-state index >= 15 is 0 Å². The number of alkyl halides is 3. The number of aromatic nitrogens is 2. The van der Waals surface area contributed by atoms with Crippen LogP contribution < -0.4 is 5.32 Å². The second kappa shape index (κ2) is 7.14. The van der Waals surface area contributed by atoms with Crippen molar-refractivity contribution in [2.75, 3.05) is 5.32 Å². The molecule has 0 saturated heterocycles. The Morgan fingerprint density at radius 2 is 1.92 bits per heavy atom. The van der Waals surface area contributed by atoms with Crippen LogP contribution in [0.3, 0.4) is 0 Å². The van der Waals surface area contributed by atoms with Crippen LogP contribution >= 0.6 is 0 Å². The number of rotatable bonds is 5. The number of carboxylic acids is 1. The van der Waals surface area contributed by atoms with E-state index in [9.17, 15) is 27.2 Å². The number of anilines is 1. The third-order valence-electron chi connectivity index (χ3n) is 3.69. The number of amides is 1. The van der Waals surface area contributed by atoms with Gasteiger partial charge < -0.3 is 10.4 Å². The molecule has 2 N–H and O–H groups in total. The van der Waals surface area contributed by atoms with Crippen LogP contribution in [0.15, 0.2) is 18.2 Å². The highest BCUT2D eigenvalue weighted by Crippen LogP contribution is 2.22. The number of hydrogen-bond acceptors (Lipinski definition) is 3. The van der Waals surface area contributed by atoms with Crippen LogP contribution in [0.5, 0.6) is 0 Å². The van der Waals surface area contributed by atoms with E-state index in [0.29, 0.717) is 5.56 Å². The van der Waals surface area contributed by atoms with Gasteiger partial charge in [0.2, 0.25) is 5.91 Å². The summed E-state index contributed by atoms with van der Waals surface area (Å²) >= 11 is 0. The Morgan fingerprint density at radius 1 is 1.27 bits per heavy atom. The summed E-state index contributed by atoms with van der Waals surface area (Å²) in [7, 11) is 0. The molecular formula is C16H15F4N3O3. The molecule has 1 aromatic heterocycles. The van der Waals surface area contributed by atoms with Crippen molar-refractivity contribution in [3.63, 3.8) is 0 Å². The van der Waals surface area contributed by atoms with Gasteiger partial charge in [0.05, 0.1) is 23.4 Å². The Morgan fingerprint density at radius 3 is 2.50 bits per heavy atom. The van der Waals surface area contributed by atoms with Crippen LogP contribution in [0.4, 0.5) is 23.2 Å². The van der Waals surface area contributed by atoms with Crippen LogP contribution in [0.2, 0.25) is 0 Å². The molecule has 26 heavy (non-hydrogen) atoms. The molecule has 0 aliphatic carbocycles. The maximum atomic E-state index is 13.7. The SMILES string of the molecule is Cc1nn(CC(F)(F)F)c(C)c1CC(=O)Nc1cc(C(=O)O)ccc1F. The highest BCUT2D eigenvalue weighted by Gasteiger charge is 2.30. The predicted octanol–water partition coefficient (Wildman–Crippen LogP) is 3.08. The van der Waals surface area contributed by atoms with E-state index in [4.69, 9.17) is 5.11 Å². The van der Waals surface area contributed by atoms with Crippen molar-refractivity contribution in [2.24, 2.45) is 0 Å². The van der Waals surface area contributed by atoms with Gasteiger partial charge in [0.1, 0.15) is 12.4 Å². The van der Waals surface area contributed by atoms with E-state index in [2.05, 4.69) is 10.4 Å². The van der Waals surface area contributed by atoms with Crippen LogP contribution in [0, 0.1) is 19.7 Å². The standard InChI is InChI=1S/C16H15F4N3O3/c1-8-11(9(2)23(22-8)7-16(18,19)20)6-14(24)21-13-5-10(15(25)26)3-4-12(13)17/h3-5H,6-7H2,1-2H3,(H,21,24)(H,25,26). The van der Waals surface area contributed by atoms with Crippen molar-refractivity contribution in [3.05, 3.63) is 46.5 Å². The van der Waals surface area contributed by atoms with Gasteiger partial charge in [-0.15, -0.1) is 0 Å². The predicted molar refractivity (Wildman–Crippen MR) is 83.4 cm³/mol. The third-order valence-corrected chi connectivity index (χ3v) is 3.69. The quantitative estimate of drug-likeness (QED) is 0.789. The molecule has 1 aromatic carbocycles. The summed E-state index contributed by atoms with van der Waals surface area (Å²) in [6.07, 6.45) is -4.78. The van der Waals surface area contributed by atoms with Gasteiger partial charge in [0.15, 0.2) is 0 Å². The number of hydrogen-bond donors (Lipinski definition) is 2. The smallest absolute Gasteiger partial charge is 0.408 e. The number of carbonyl (C=O) groups excluding carboxylic acids is 1. The van der Waals surface area contributed by atoms with Crippen molar-refractivity contribution >= 4 is 17.6 Å². The van der Waals surface area contributed by atoms with Crippen molar-refractivity contribution in [2.45, 2.75) is 33.0 Å². The highest BCUT2D eigenvalue weighted by atomic mass is 19.4. The molecule has 10 heteroatoms. The maximum Gasteiger partial charge on any atom is 0.408 e. The number of benzene rings is 1. The zero-order chi connectivity index (χ0) is 19.6. The fourth-order valence-electron chi connectivity index (χ4n) is 2.42. The largest absolute Gasteiger partial charge is 0.478 e. The monoisotopic (exact) mass is 373 g/mol. The van der Waals surface area contributed by atoms with Gasteiger partial charge in [-0.25, -0.2) is 9.18 Å². The molecule has 1 heterocycles. The first-order valence-corrected chi connectivity index (χ1v) is 7.40. The summed E-state index contributed by atoms with van der Waals surface area (Å²) in [5.41, 5.74) is 0.179. The summed E-state index contributed by atoms with van der Waals surface area (Å²) in [5, 5.41) is 14.9. The maximum absolute atomic E-state index is 13.7. The number of halogens is 4. The summed E-state index contributed by atoms with van der Waals surface area (Å²) in [5.74, 6) is -2.82. The van der Waals surface area contributed by atoms with Gasteiger partial charge in [0.25, 0.3) is 0 Å². The molecular weight excluding hydrogens is 358 g/mol. The van der Waals surface area contributed by atoms with E-state index < -0.39 is 30.4 Å². The number of nitrogens with zero attached hydrogens (tertiary/aromatic N) is 2. The molecule has 0 atom stereocenters. The van der Waals surface area contributed by atoms with Crippen LogP contribution in [-0.2, 0) is 17.8 Å². The van der Waals surface area contributed by atoms with Gasteiger partial charge in [-0.3, -0.25) is 9.48 Å². The molecule has 0 saturated carbocycles. The Balaban J connectivity index is 2.19. The Bertz CT molecular complexity index is 859. The van der Waals surface area contributed by atoms with Crippen LogP contribution in [0.25, 0.3) is 0 Å². The Hall–Kier alpha value is -2.91. The molecule has 0 fully saturated rings. The zero-order valence-electron chi connectivity index (χ0n) is 13.8. The molecule has 2 aromatic rings. The van der Waals surface area contributed by atoms with Gasteiger partial charge >= 0.3 is 12.1 Å². The normalized spacial score (nSPS) is 11.5. The fourth-order valence-corrected chi connectivity index (χ4v) is 2.42. The van der Waals surface area contributed by atoms with Crippen LogP contribution in [0.1, 0.15) is 27.3 Å². The number of carboxylic acid groups (broad SMARTS) is 1. The molecule has 0 spiro atoms. The molecule has 0 aliphatic rings. The summed E-state index contributed by atoms with van der Waals surface area (Å²) in [6.45, 7) is 1.59. The number of aromatic carboxylic acids is 1. The first-order valence-electron chi connectivity index (χ1n) is 7.40. The van der Waals surface area contributed by atoms with E-state index in [0.717, 1.165) is 22.9 Å². The molecule has 0 bridgehead atoms. The molecule has 1 amide bonds. The van der Waals surface area contributed by atoms with E-state index in [-0.39, 0.29) is 29.1 Å². The molecule has 140 valence electrons. The number of nitrogens with one attached hydrogen (secondary N) is 1. The summed E-state index contributed by atoms with van der Waals surface area (Å²) in [4.78, 5) is 23.0. The fraction of sp³-hybridized carbons (Fsp3) is 0.312. The topological polar surface area (TPSA) is 84.2 Å². The van der Waals surface area contributed by atoms with E-state index in [1.165, 1.54) is 13.8 Å². The molecule has 2 rings (SSSR count). The lowest BCUT2D eigenvalue weighted by Gasteiger charge is -2.09. The lowest BCUT2D eigenvalue weighted by Crippen LogP contribution is -2.20. The van der Waals surface area contributed by atoms with Crippen molar-refractivity contribution in [1.82, 2.24) is 9.78 Å². The molecule has 0 unspecified atom stereocenters. The van der Waals surface area contributed by atoms with Gasteiger partial charge in [-0.2, -0.15) is 18.3 Å². The Labute approximate surface area is 145 Å². The first-order chi connectivity index (χ1) is 12.0.